The molecule has 1 saturated heterocycles. The maximum absolute atomic E-state index is 10.6. The summed E-state index contributed by atoms with van der Waals surface area (Å²) in [5.41, 5.74) is 0. The average molecular weight is 197 g/mol. The molecule has 0 amide bonds. The molecule has 2 fully saturated rings. The summed E-state index contributed by atoms with van der Waals surface area (Å²) in [6, 6.07) is 0.696. The Morgan fingerprint density at radius 3 is 2.64 bits per heavy atom. The van der Waals surface area contributed by atoms with E-state index in [1.807, 2.05) is 0 Å². The number of hydrogen-bond acceptors (Lipinski definition) is 2. The topological polar surface area (TPSA) is 40.5 Å². The van der Waals surface area contributed by atoms with Crippen LogP contribution in [0.3, 0.4) is 0 Å². The highest BCUT2D eigenvalue weighted by molar-refractivity contribution is 5.67. The monoisotopic (exact) mass is 197 g/mol. The van der Waals surface area contributed by atoms with Crippen molar-refractivity contribution in [1.82, 2.24) is 4.90 Å². The Hall–Kier alpha value is -0.570. The molecule has 1 heterocycles. The van der Waals surface area contributed by atoms with Crippen molar-refractivity contribution in [2.75, 3.05) is 13.1 Å². The predicted octanol–water partition coefficient (Wildman–Crippen LogP) is 1.73. The summed E-state index contributed by atoms with van der Waals surface area (Å²) in [7, 11) is 0. The highest BCUT2D eigenvalue weighted by atomic mass is 16.4. The molecule has 0 spiro atoms. The lowest BCUT2D eigenvalue weighted by Gasteiger charge is -2.42. The third-order valence-electron chi connectivity index (χ3n) is 3.63. The maximum atomic E-state index is 10.6. The number of nitrogens with zero attached hydrogens (tertiary/aromatic N) is 1. The number of rotatable bonds is 3. The van der Waals surface area contributed by atoms with Crippen LogP contribution in [0.4, 0.5) is 0 Å². The maximum Gasteiger partial charge on any atom is 0.303 e. The van der Waals surface area contributed by atoms with E-state index < -0.39 is 5.97 Å². The van der Waals surface area contributed by atoms with Gasteiger partial charge in [-0.15, -0.1) is 0 Å². The van der Waals surface area contributed by atoms with Crippen LogP contribution in [0.1, 0.15) is 38.5 Å². The van der Waals surface area contributed by atoms with Crippen molar-refractivity contribution in [3.63, 3.8) is 0 Å². The van der Waals surface area contributed by atoms with Gasteiger partial charge in [0.2, 0.25) is 0 Å². The molecule has 2 unspecified atom stereocenters. The summed E-state index contributed by atoms with van der Waals surface area (Å²) >= 11 is 0. The number of carboxylic acid groups (broad SMARTS) is 1. The van der Waals surface area contributed by atoms with Crippen LogP contribution in [-0.2, 0) is 4.79 Å². The van der Waals surface area contributed by atoms with Gasteiger partial charge in [0.25, 0.3) is 0 Å². The second-order valence-electron chi connectivity index (χ2n) is 4.67. The lowest BCUT2D eigenvalue weighted by molar-refractivity contribution is -0.138. The van der Waals surface area contributed by atoms with Gasteiger partial charge in [0.15, 0.2) is 0 Å². The minimum atomic E-state index is -0.626. The van der Waals surface area contributed by atoms with Gasteiger partial charge < -0.3 is 10.0 Å². The van der Waals surface area contributed by atoms with Crippen molar-refractivity contribution in [2.45, 2.75) is 44.6 Å². The molecule has 0 aromatic carbocycles. The van der Waals surface area contributed by atoms with Crippen LogP contribution in [0.15, 0.2) is 0 Å². The zero-order valence-corrected chi connectivity index (χ0v) is 8.61. The van der Waals surface area contributed by atoms with E-state index in [0.717, 1.165) is 12.8 Å². The largest absolute Gasteiger partial charge is 0.481 e. The van der Waals surface area contributed by atoms with Gasteiger partial charge in [0.1, 0.15) is 0 Å². The quantitative estimate of drug-likeness (QED) is 0.749. The molecule has 2 aliphatic rings. The van der Waals surface area contributed by atoms with E-state index in [1.54, 1.807) is 0 Å². The summed E-state index contributed by atoms with van der Waals surface area (Å²) in [5, 5.41) is 8.75. The summed E-state index contributed by atoms with van der Waals surface area (Å²) in [4.78, 5) is 13.1. The Labute approximate surface area is 85.1 Å². The normalized spacial score (nSPS) is 33.7. The molecule has 0 bridgehead atoms. The second-order valence-corrected chi connectivity index (χ2v) is 4.67. The Kier molecular flexibility index (Phi) is 3.06. The van der Waals surface area contributed by atoms with Gasteiger partial charge in [-0.25, -0.2) is 0 Å². The van der Waals surface area contributed by atoms with E-state index in [9.17, 15) is 4.79 Å². The lowest BCUT2D eigenvalue weighted by Crippen LogP contribution is -2.47. The fourth-order valence-electron chi connectivity index (χ4n) is 2.73. The molecular weight excluding hydrogens is 178 g/mol. The minimum absolute atomic E-state index is 0.379. The highest BCUT2D eigenvalue weighted by Gasteiger charge is 2.30. The summed E-state index contributed by atoms with van der Waals surface area (Å²) in [5.74, 6) is -0.189. The van der Waals surface area contributed by atoms with Gasteiger partial charge in [-0.1, -0.05) is 6.42 Å². The first-order valence-electron chi connectivity index (χ1n) is 5.71. The van der Waals surface area contributed by atoms with Crippen molar-refractivity contribution in [2.24, 2.45) is 5.92 Å². The zero-order valence-electron chi connectivity index (χ0n) is 8.61. The van der Waals surface area contributed by atoms with Gasteiger partial charge >= 0.3 is 5.97 Å². The highest BCUT2D eigenvalue weighted by Crippen LogP contribution is 2.31. The van der Waals surface area contributed by atoms with E-state index in [1.165, 1.54) is 32.4 Å². The van der Waals surface area contributed by atoms with Crippen molar-refractivity contribution >= 4 is 5.97 Å². The van der Waals surface area contributed by atoms with E-state index >= 15 is 0 Å². The number of hydrogen-bond donors (Lipinski definition) is 1. The van der Waals surface area contributed by atoms with Gasteiger partial charge in [-0.3, -0.25) is 4.79 Å². The zero-order chi connectivity index (χ0) is 9.97. The molecule has 2 rings (SSSR count). The van der Waals surface area contributed by atoms with Crippen LogP contribution in [0, 0.1) is 5.92 Å². The fraction of sp³-hybridized carbons (Fsp3) is 0.909. The first kappa shape index (κ1) is 9.97. The van der Waals surface area contributed by atoms with Crippen LogP contribution >= 0.6 is 0 Å². The molecule has 3 nitrogen and oxygen atoms in total. The summed E-state index contributed by atoms with van der Waals surface area (Å²) < 4.78 is 0. The SMILES string of the molecule is O=C(O)CC1CCCC(N2CCC2)C1. The van der Waals surface area contributed by atoms with Crippen LogP contribution in [-0.4, -0.2) is 35.1 Å². The van der Waals surface area contributed by atoms with E-state index in [0.29, 0.717) is 18.4 Å². The molecule has 1 N–H and O–H groups in total. The second kappa shape index (κ2) is 4.30. The smallest absolute Gasteiger partial charge is 0.303 e. The number of carbonyl (C=O) groups is 1. The molecule has 0 aromatic rings. The van der Waals surface area contributed by atoms with Crippen molar-refractivity contribution in [3.05, 3.63) is 0 Å². The summed E-state index contributed by atoms with van der Waals surface area (Å²) in [6.07, 6.45) is 6.46. The van der Waals surface area contributed by atoms with E-state index in [2.05, 4.69) is 4.90 Å². The van der Waals surface area contributed by atoms with Crippen molar-refractivity contribution < 1.29 is 9.90 Å². The van der Waals surface area contributed by atoms with Gasteiger partial charge in [0.05, 0.1) is 0 Å². The first-order chi connectivity index (χ1) is 6.75. The molecular formula is C11H19NO2. The first-order valence-corrected chi connectivity index (χ1v) is 5.71. The Morgan fingerprint density at radius 2 is 2.07 bits per heavy atom. The van der Waals surface area contributed by atoms with Crippen molar-refractivity contribution in [1.29, 1.82) is 0 Å². The molecule has 14 heavy (non-hydrogen) atoms. The van der Waals surface area contributed by atoms with E-state index in [4.69, 9.17) is 5.11 Å². The predicted molar refractivity (Wildman–Crippen MR) is 54.2 cm³/mol. The van der Waals surface area contributed by atoms with Crippen molar-refractivity contribution in [3.8, 4) is 0 Å². The third-order valence-corrected chi connectivity index (χ3v) is 3.63. The molecule has 0 radical (unpaired) electrons. The van der Waals surface area contributed by atoms with Gasteiger partial charge in [-0.2, -0.15) is 0 Å². The van der Waals surface area contributed by atoms with Gasteiger partial charge in [-0.05, 0) is 44.7 Å². The number of likely N-dealkylation sites (tertiary alicyclic amines) is 1. The van der Waals surface area contributed by atoms with Crippen LogP contribution in [0.2, 0.25) is 0 Å². The Morgan fingerprint density at radius 1 is 1.29 bits per heavy atom. The molecule has 0 aromatic heterocycles. The number of aliphatic carboxylic acids is 1. The fourth-order valence-corrected chi connectivity index (χ4v) is 2.73. The lowest BCUT2D eigenvalue weighted by atomic mass is 9.82. The third kappa shape index (κ3) is 2.27. The van der Waals surface area contributed by atoms with Crippen LogP contribution < -0.4 is 0 Å². The van der Waals surface area contributed by atoms with Gasteiger partial charge in [0, 0.05) is 12.5 Å². The molecule has 80 valence electrons. The average Bonchev–Trinajstić information content (AvgIpc) is 1.99. The summed E-state index contributed by atoms with van der Waals surface area (Å²) in [6.45, 7) is 2.48. The molecule has 1 aliphatic carbocycles. The minimum Gasteiger partial charge on any atom is -0.481 e. The van der Waals surface area contributed by atoms with E-state index in [-0.39, 0.29) is 0 Å². The molecule has 3 heteroatoms. The number of carboxylic acids is 1. The Balaban J connectivity index is 1.80. The van der Waals surface area contributed by atoms with Crippen LogP contribution in [0.5, 0.6) is 0 Å². The van der Waals surface area contributed by atoms with Crippen LogP contribution in [0.25, 0.3) is 0 Å². The molecule has 1 aliphatic heterocycles. The molecule has 2 atom stereocenters. The molecule has 1 saturated carbocycles. The Bertz CT molecular complexity index is 213. The standard InChI is InChI=1S/C11H19NO2/c13-11(14)8-9-3-1-4-10(7-9)12-5-2-6-12/h9-10H,1-8H2,(H,13,14).